The smallest absolute Gasteiger partial charge is 0.326 e. The number of carbonyl (C=O) groups excluding carboxylic acids is 3. The number of urea groups is 1. The number of sulfonamides is 1. The van der Waals surface area contributed by atoms with Crippen molar-refractivity contribution in [3.05, 3.63) is 0 Å². The van der Waals surface area contributed by atoms with Gasteiger partial charge in [-0.3, -0.25) is 24.6 Å². The van der Waals surface area contributed by atoms with Crippen molar-refractivity contribution in [1.82, 2.24) is 30.6 Å². The molecule has 2 saturated carbocycles. The Kier molecular flexibility index (Phi) is 5.75. The lowest BCUT2D eigenvalue weighted by Crippen LogP contribution is -2.64. The Hall–Kier alpha value is -1.80. The van der Waals surface area contributed by atoms with Gasteiger partial charge in [0, 0.05) is 25.7 Å². The van der Waals surface area contributed by atoms with Gasteiger partial charge >= 0.3 is 6.03 Å². The fraction of sp³-hybridized carbons (Fsp3) is 0.833. The fourth-order valence-corrected chi connectivity index (χ4v) is 6.55. The first-order valence-electron chi connectivity index (χ1n) is 10.5. The fourth-order valence-electron chi connectivity index (χ4n) is 4.59. The number of imide groups is 1. The van der Waals surface area contributed by atoms with Gasteiger partial charge in [0.25, 0.3) is 5.91 Å². The van der Waals surface area contributed by atoms with E-state index in [1.165, 1.54) is 14.1 Å². The summed E-state index contributed by atoms with van der Waals surface area (Å²) in [6, 6.07) is -0.867. The van der Waals surface area contributed by atoms with E-state index in [1.807, 2.05) is 6.92 Å². The van der Waals surface area contributed by atoms with E-state index < -0.39 is 45.7 Å². The maximum Gasteiger partial charge on any atom is 0.326 e. The van der Waals surface area contributed by atoms with Crippen LogP contribution in [0.25, 0.3) is 0 Å². The molecule has 2 aliphatic heterocycles. The molecule has 0 aromatic rings. The molecule has 0 bridgehead atoms. The van der Waals surface area contributed by atoms with E-state index in [-0.39, 0.29) is 30.3 Å². The van der Waals surface area contributed by atoms with Gasteiger partial charge in [-0.25, -0.2) is 17.9 Å². The van der Waals surface area contributed by atoms with E-state index in [4.69, 9.17) is 4.84 Å². The van der Waals surface area contributed by atoms with E-state index in [9.17, 15) is 22.8 Å². The van der Waals surface area contributed by atoms with E-state index in [0.29, 0.717) is 12.8 Å². The number of likely N-dealkylation sites (N-methyl/N-ethyl adjacent to an activating group) is 1. The van der Waals surface area contributed by atoms with E-state index in [2.05, 4.69) is 20.8 Å². The Morgan fingerprint density at radius 3 is 2.65 bits per heavy atom. The molecule has 4 fully saturated rings. The average Bonchev–Trinajstić information content (AvgIpc) is 3.26. The van der Waals surface area contributed by atoms with Crippen LogP contribution in [0.1, 0.15) is 39.0 Å². The van der Waals surface area contributed by atoms with Gasteiger partial charge in [0.2, 0.25) is 15.9 Å². The number of nitrogens with zero attached hydrogens (tertiary/aromatic N) is 2. The first-order valence-corrected chi connectivity index (χ1v) is 12.1. The molecule has 13 heteroatoms. The van der Waals surface area contributed by atoms with Crippen molar-refractivity contribution in [2.75, 3.05) is 20.6 Å². The quantitative estimate of drug-likeness (QED) is 0.372. The van der Waals surface area contributed by atoms with Crippen molar-refractivity contribution in [1.29, 1.82) is 0 Å². The van der Waals surface area contributed by atoms with Crippen LogP contribution in [0.3, 0.4) is 0 Å². The summed E-state index contributed by atoms with van der Waals surface area (Å²) in [7, 11) is -0.649. The summed E-state index contributed by atoms with van der Waals surface area (Å²) >= 11 is 0. The number of hydrogen-bond acceptors (Lipinski definition) is 8. The van der Waals surface area contributed by atoms with E-state index in [1.54, 1.807) is 4.90 Å². The van der Waals surface area contributed by atoms with Crippen LogP contribution < -0.4 is 20.8 Å². The molecule has 4 N–H and O–H groups in total. The van der Waals surface area contributed by atoms with Crippen molar-refractivity contribution in [3.8, 4) is 0 Å². The van der Waals surface area contributed by atoms with Crippen LogP contribution in [0.2, 0.25) is 0 Å². The van der Waals surface area contributed by atoms with Crippen LogP contribution in [-0.2, 0) is 24.4 Å². The van der Waals surface area contributed by atoms with Gasteiger partial charge in [-0.15, -0.1) is 0 Å². The van der Waals surface area contributed by atoms with Crippen LogP contribution in [0.15, 0.2) is 0 Å². The molecule has 4 amide bonds. The lowest BCUT2D eigenvalue weighted by atomic mass is 9.81. The molecule has 5 unspecified atom stereocenters. The van der Waals surface area contributed by atoms with Gasteiger partial charge in [0.15, 0.2) is 6.17 Å². The molecule has 0 spiro atoms. The zero-order chi connectivity index (χ0) is 22.6. The Bertz CT molecular complexity index is 877. The van der Waals surface area contributed by atoms with Crippen molar-refractivity contribution in [3.63, 3.8) is 0 Å². The molecular formula is C18H30N6O6S. The maximum absolute atomic E-state index is 12.9. The molecule has 5 atom stereocenters. The number of nitrogens with one attached hydrogen (secondary N) is 4. The Morgan fingerprint density at radius 2 is 2.00 bits per heavy atom. The third kappa shape index (κ3) is 4.29. The highest BCUT2D eigenvalue weighted by Crippen LogP contribution is 2.40. The normalized spacial score (nSPS) is 35.1. The minimum atomic E-state index is -3.56. The minimum Gasteiger partial charge on any atom is -0.357 e. The Balaban J connectivity index is 1.46. The van der Waals surface area contributed by atoms with Gasteiger partial charge in [-0.2, -0.15) is 5.48 Å². The first kappa shape index (κ1) is 22.4. The minimum absolute atomic E-state index is 0.117. The van der Waals surface area contributed by atoms with Gasteiger partial charge in [-0.1, -0.05) is 0 Å². The van der Waals surface area contributed by atoms with Crippen LogP contribution in [0, 0.1) is 5.92 Å². The monoisotopic (exact) mass is 458 g/mol. The molecule has 174 valence electrons. The van der Waals surface area contributed by atoms with Crippen LogP contribution >= 0.6 is 0 Å². The summed E-state index contributed by atoms with van der Waals surface area (Å²) in [4.78, 5) is 45.4. The highest BCUT2D eigenvalue weighted by molar-refractivity contribution is 7.90. The summed E-state index contributed by atoms with van der Waals surface area (Å²) in [6.07, 6.45) is 1.17. The summed E-state index contributed by atoms with van der Waals surface area (Å²) in [5.74, 6) is -1.26. The molecule has 2 saturated heterocycles. The van der Waals surface area contributed by atoms with Crippen LogP contribution in [-0.4, -0.2) is 85.9 Å². The van der Waals surface area contributed by atoms with Crippen molar-refractivity contribution in [2.45, 2.75) is 68.3 Å². The van der Waals surface area contributed by atoms with Crippen molar-refractivity contribution < 1.29 is 27.6 Å². The molecule has 31 heavy (non-hydrogen) atoms. The molecule has 4 aliphatic rings. The average molecular weight is 459 g/mol. The van der Waals surface area contributed by atoms with Gasteiger partial charge < -0.3 is 10.2 Å². The largest absolute Gasteiger partial charge is 0.357 e. The summed E-state index contributed by atoms with van der Waals surface area (Å²) < 4.78 is 28.5. The van der Waals surface area contributed by atoms with Gasteiger partial charge in [0.1, 0.15) is 6.23 Å². The molecule has 2 heterocycles. The van der Waals surface area contributed by atoms with E-state index in [0.717, 1.165) is 17.7 Å². The van der Waals surface area contributed by atoms with Crippen molar-refractivity contribution in [2.24, 2.45) is 5.92 Å². The third-order valence-corrected chi connectivity index (χ3v) is 8.81. The lowest BCUT2D eigenvalue weighted by Gasteiger charge is -2.47. The summed E-state index contributed by atoms with van der Waals surface area (Å²) in [5.41, 5.74) is 2.21. The Morgan fingerprint density at radius 1 is 1.29 bits per heavy atom. The van der Waals surface area contributed by atoms with Gasteiger partial charge in [0.05, 0.1) is 17.7 Å². The lowest BCUT2D eigenvalue weighted by molar-refractivity contribution is -0.140. The van der Waals surface area contributed by atoms with E-state index >= 15 is 0 Å². The number of rotatable bonds is 6. The van der Waals surface area contributed by atoms with Gasteiger partial charge in [-0.05, 0) is 39.0 Å². The number of hydrogen-bond donors (Lipinski definition) is 4. The molecule has 0 radical (unpaired) electrons. The molecule has 0 aromatic heterocycles. The SMILES string of the molecule is CNC(=O)C1NOC(CN2C(=O)N(C)C(=O)C3CC(S(=O)(=O)NC4(C)CC4)CCC32)N1. The standard InChI is InChI=1S/C18H30N6O6S/c1-18(6-7-18)22-31(28,29)10-4-5-12-11(8-10)16(26)23(3)17(27)24(12)9-13-20-14(21-30-13)15(25)19-2/h10-14,20-22H,4-9H2,1-3H3,(H,19,25). The molecule has 12 nitrogen and oxygen atoms in total. The number of amides is 4. The number of fused-ring (bicyclic) bond motifs is 1. The molecule has 2 aliphatic carbocycles. The van der Waals surface area contributed by atoms with Crippen LogP contribution in [0.5, 0.6) is 0 Å². The highest BCUT2D eigenvalue weighted by atomic mass is 32.2. The molecule has 4 rings (SSSR count). The topological polar surface area (TPSA) is 149 Å². The number of carbonyl (C=O) groups is 3. The second-order valence-corrected chi connectivity index (χ2v) is 11.0. The van der Waals surface area contributed by atoms with Crippen molar-refractivity contribution >= 4 is 27.9 Å². The zero-order valence-electron chi connectivity index (χ0n) is 17.9. The maximum atomic E-state index is 12.9. The number of hydroxylamine groups is 1. The summed E-state index contributed by atoms with van der Waals surface area (Å²) in [5, 5.41) is 4.78. The molecule has 0 aromatic carbocycles. The zero-order valence-corrected chi connectivity index (χ0v) is 18.7. The predicted octanol–water partition coefficient (Wildman–Crippen LogP) is -1.59. The highest BCUT2D eigenvalue weighted by Gasteiger charge is 2.52. The second-order valence-electron chi connectivity index (χ2n) is 9.09. The Labute approximate surface area is 181 Å². The summed E-state index contributed by atoms with van der Waals surface area (Å²) in [6.45, 7) is 2.00. The van der Waals surface area contributed by atoms with Crippen LogP contribution in [0.4, 0.5) is 4.79 Å². The molecular weight excluding hydrogens is 428 g/mol. The predicted molar refractivity (Wildman–Crippen MR) is 108 cm³/mol. The second kappa shape index (κ2) is 7.96. The third-order valence-electron chi connectivity index (χ3n) is 6.73. The first-order chi connectivity index (χ1) is 14.5.